The minimum Gasteiger partial charge on any atom is -0.481 e. The molecule has 0 atom stereocenters. The zero-order valence-corrected chi connectivity index (χ0v) is 18.8. The molecule has 0 unspecified atom stereocenters. The highest BCUT2D eigenvalue weighted by molar-refractivity contribution is 5.98. The average Bonchev–Trinajstić information content (AvgIpc) is 2.92. The van der Waals surface area contributed by atoms with Gasteiger partial charge >= 0.3 is 0 Å². The van der Waals surface area contributed by atoms with Crippen molar-refractivity contribution in [2.75, 3.05) is 12.8 Å². The van der Waals surface area contributed by atoms with Crippen molar-refractivity contribution in [1.29, 1.82) is 0 Å². The maximum atomic E-state index is 13.0. The van der Waals surface area contributed by atoms with Crippen LogP contribution in [0.1, 0.15) is 16.3 Å². The van der Waals surface area contributed by atoms with Gasteiger partial charge in [0.1, 0.15) is 0 Å². The van der Waals surface area contributed by atoms with Gasteiger partial charge in [-0.1, -0.05) is 42.5 Å². The molecule has 3 aromatic heterocycles. The third-order valence-corrected chi connectivity index (χ3v) is 5.36. The molecule has 1 amide bonds. The van der Waals surface area contributed by atoms with E-state index >= 15 is 0 Å². The summed E-state index contributed by atoms with van der Waals surface area (Å²) in [5.74, 6) is 0.347. The number of fused-ring (bicyclic) bond motifs is 1. The minimum absolute atomic E-state index is 0.0221. The fourth-order valence-corrected chi connectivity index (χ4v) is 3.66. The Hall–Kier alpha value is -4.92. The molecule has 0 saturated heterocycles. The fourth-order valence-electron chi connectivity index (χ4n) is 3.66. The Balaban J connectivity index is 1.55. The topological polar surface area (TPSA) is 129 Å². The molecule has 0 aliphatic rings. The number of nitrogens with zero attached hydrogens (tertiary/aromatic N) is 5. The molecule has 5 aromatic rings. The van der Waals surface area contributed by atoms with Crippen molar-refractivity contribution in [3.63, 3.8) is 0 Å². The molecule has 0 aliphatic heterocycles. The van der Waals surface area contributed by atoms with Crippen LogP contribution in [0.4, 0.5) is 5.82 Å². The molecule has 3 heterocycles. The van der Waals surface area contributed by atoms with Gasteiger partial charge in [0, 0.05) is 35.0 Å². The van der Waals surface area contributed by atoms with Gasteiger partial charge < -0.3 is 15.8 Å². The molecule has 0 radical (unpaired) electrons. The van der Waals surface area contributed by atoms with Crippen LogP contribution in [0.5, 0.6) is 5.88 Å². The van der Waals surface area contributed by atoms with Crippen molar-refractivity contribution in [1.82, 2.24) is 30.2 Å². The standard InChI is InChI=1S/C26H21N7O2/c1-35-21-11-13-29-20(31-21)15-30-26(34)24-25(27)33-22(16-6-3-2-4-7-16)23(32-24)18-9-10-19-17(14-18)8-5-12-28-19/h2-14H,15H2,1H3,(H2,27,33)(H,30,34). The summed E-state index contributed by atoms with van der Waals surface area (Å²) in [7, 11) is 1.51. The van der Waals surface area contributed by atoms with E-state index in [1.54, 1.807) is 18.5 Å². The second kappa shape index (κ2) is 9.52. The van der Waals surface area contributed by atoms with Crippen LogP contribution in [0, 0.1) is 0 Å². The number of carbonyl (C=O) groups excluding carboxylic acids is 1. The van der Waals surface area contributed by atoms with E-state index in [0.717, 1.165) is 22.0 Å². The Labute approximate surface area is 201 Å². The van der Waals surface area contributed by atoms with Crippen molar-refractivity contribution >= 4 is 22.6 Å². The van der Waals surface area contributed by atoms with Crippen LogP contribution < -0.4 is 15.8 Å². The van der Waals surface area contributed by atoms with E-state index in [4.69, 9.17) is 10.5 Å². The quantitative estimate of drug-likeness (QED) is 0.390. The number of methoxy groups -OCH3 is 1. The zero-order valence-electron chi connectivity index (χ0n) is 18.8. The first-order chi connectivity index (χ1) is 17.1. The van der Waals surface area contributed by atoms with E-state index in [9.17, 15) is 4.79 Å². The van der Waals surface area contributed by atoms with Gasteiger partial charge in [0.15, 0.2) is 17.3 Å². The lowest BCUT2D eigenvalue weighted by molar-refractivity contribution is 0.0945. The largest absolute Gasteiger partial charge is 0.481 e. The van der Waals surface area contributed by atoms with Crippen LogP contribution >= 0.6 is 0 Å². The average molecular weight is 464 g/mol. The predicted molar refractivity (Wildman–Crippen MR) is 132 cm³/mol. The van der Waals surface area contributed by atoms with Crippen LogP contribution in [0.3, 0.4) is 0 Å². The van der Waals surface area contributed by atoms with Gasteiger partial charge in [-0.25, -0.2) is 15.0 Å². The van der Waals surface area contributed by atoms with E-state index in [0.29, 0.717) is 23.1 Å². The molecular weight excluding hydrogens is 442 g/mol. The molecule has 3 N–H and O–H groups in total. The number of pyridine rings is 1. The van der Waals surface area contributed by atoms with E-state index < -0.39 is 5.91 Å². The second-order valence-corrected chi connectivity index (χ2v) is 7.63. The van der Waals surface area contributed by atoms with Crippen molar-refractivity contribution in [2.24, 2.45) is 0 Å². The van der Waals surface area contributed by atoms with E-state index in [-0.39, 0.29) is 18.1 Å². The van der Waals surface area contributed by atoms with Gasteiger partial charge in [-0.15, -0.1) is 0 Å². The van der Waals surface area contributed by atoms with Gasteiger partial charge in [0.05, 0.1) is 30.6 Å². The summed E-state index contributed by atoms with van der Waals surface area (Å²) in [6, 6.07) is 20.9. The number of hydrogen-bond donors (Lipinski definition) is 2. The monoisotopic (exact) mass is 463 g/mol. The summed E-state index contributed by atoms with van der Waals surface area (Å²) >= 11 is 0. The molecule has 2 aromatic carbocycles. The highest BCUT2D eigenvalue weighted by Crippen LogP contribution is 2.32. The summed E-state index contributed by atoms with van der Waals surface area (Å²) in [4.78, 5) is 35.1. The molecule has 9 heteroatoms. The second-order valence-electron chi connectivity index (χ2n) is 7.63. The summed E-state index contributed by atoms with van der Waals surface area (Å²) in [6.45, 7) is 0.0779. The molecule has 9 nitrogen and oxygen atoms in total. The smallest absolute Gasteiger partial charge is 0.274 e. The maximum absolute atomic E-state index is 13.0. The first-order valence-electron chi connectivity index (χ1n) is 10.8. The lowest BCUT2D eigenvalue weighted by Crippen LogP contribution is -2.26. The number of benzene rings is 2. The molecule has 172 valence electrons. The lowest BCUT2D eigenvalue weighted by atomic mass is 10.0. The zero-order chi connectivity index (χ0) is 24.2. The van der Waals surface area contributed by atoms with Crippen LogP contribution in [0.2, 0.25) is 0 Å². The first-order valence-corrected chi connectivity index (χ1v) is 10.8. The van der Waals surface area contributed by atoms with Crippen molar-refractivity contribution < 1.29 is 9.53 Å². The summed E-state index contributed by atoms with van der Waals surface area (Å²) in [5, 5.41) is 3.71. The number of aromatic nitrogens is 5. The summed E-state index contributed by atoms with van der Waals surface area (Å²) in [6.07, 6.45) is 3.30. The number of rotatable bonds is 6. The van der Waals surface area contributed by atoms with Crippen LogP contribution in [-0.2, 0) is 6.54 Å². The Morgan fingerprint density at radius 1 is 0.886 bits per heavy atom. The number of nitrogens with one attached hydrogen (secondary N) is 1. The maximum Gasteiger partial charge on any atom is 0.274 e. The van der Waals surface area contributed by atoms with E-state index in [2.05, 4.69) is 30.2 Å². The van der Waals surface area contributed by atoms with Gasteiger partial charge in [0.2, 0.25) is 5.88 Å². The van der Waals surface area contributed by atoms with Gasteiger partial charge in [-0.05, 0) is 18.2 Å². The molecule has 5 rings (SSSR count). The molecular formula is C26H21N7O2. The third-order valence-electron chi connectivity index (χ3n) is 5.36. The fraction of sp³-hybridized carbons (Fsp3) is 0.0769. The van der Waals surface area contributed by atoms with Crippen molar-refractivity contribution in [3.8, 4) is 28.4 Å². The molecule has 0 aliphatic carbocycles. The first kappa shape index (κ1) is 21.9. The van der Waals surface area contributed by atoms with Crippen LogP contribution in [0.25, 0.3) is 33.4 Å². The molecule has 35 heavy (non-hydrogen) atoms. The van der Waals surface area contributed by atoms with Gasteiger partial charge in [0.25, 0.3) is 5.91 Å². The van der Waals surface area contributed by atoms with Crippen LogP contribution in [-0.4, -0.2) is 37.9 Å². The Morgan fingerprint density at radius 3 is 2.54 bits per heavy atom. The Bertz CT molecular complexity index is 1520. The van der Waals surface area contributed by atoms with Gasteiger partial charge in [-0.2, -0.15) is 4.98 Å². The molecule has 0 bridgehead atoms. The number of nitrogens with two attached hydrogens (primary N) is 1. The third kappa shape index (κ3) is 4.60. The number of nitrogen functional groups attached to an aromatic ring is 1. The summed E-state index contributed by atoms with van der Waals surface area (Å²) in [5.41, 5.74) is 9.85. The highest BCUT2D eigenvalue weighted by atomic mass is 16.5. The molecule has 0 saturated carbocycles. The number of amides is 1. The van der Waals surface area contributed by atoms with Crippen molar-refractivity contribution in [2.45, 2.75) is 6.54 Å². The van der Waals surface area contributed by atoms with E-state index in [1.165, 1.54) is 7.11 Å². The minimum atomic E-state index is -0.482. The predicted octanol–water partition coefficient (Wildman–Crippen LogP) is 3.67. The number of carbonyl (C=O) groups is 1. The van der Waals surface area contributed by atoms with Crippen LogP contribution in [0.15, 0.2) is 79.1 Å². The number of hydrogen-bond acceptors (Lipinski definition) is 8. The number of ether oxygens (including phenoxy) is 1. The highest BCUT2D eigenvalue weighted by Gasteiger charge is 2.20. The SMILES string of the molecule is COc1ccnc(CNC(=O)c2nc(-c3ccc4ncccc4c3)c(-c3ccccc3)nc2N)n1. The summed E-state index contributed by atoms with van der Waals surface area (Å²) < 4.78 is 5.11. The molecule has 0 spiro atoms. The van der Waals surface area contributed by atoms with Crippen molar-refractivity contribution in [3.05, 3.63) is 90.6 Å². The Morgan fingerprint density at radius 2 is 1.71 bits per heavy atom. The normalized spacial score (nSPS) is 10.8. The van der Waals surface area contributed by atoms with E-state index in [1.807, 2.05) is 60.7 Å². The lowest BCUT2D eigenvalue weighted by Gasteiger charge is -2.13. The van der Waals surface area contributed by atoms with Gasteiger partial charge in [-0.3, -0.25) is 9.78 Å². The molecule has 0 fully saturated rings. The number of anilines is 1. The Kier molecular flexibility index (Phi) is 5.96.